The molecular weight excluding hydrogens is 308 g/mol. The fourth-order valence-corrected chi connectivity index (χ4v) is 3.02. The molecule has 1 N–H and O–H groups in total. The van der Waals surface area contributed by atoms with Gasteiger partial charge in [0, 0.05) is 0 Å². The first-order chi connectivity index (χ1) is 9.24. The third-order valence-electron chi connectivity index (χ3n) is 3.39. The fraction of sp³-hybridized carbons (Fsp3) is 0.600. The largest absolute Gasteiger partial charge is 0.490 e. The van der Waals surface area contributed by atoms with E-state index in [1.807, 2.05) is 19.1 Å². The highest BCUT2D eigenvalue weighted by Gasteiger charge is 2.19. The maximum Gasteiger partial charge on any atom is 0.175 e. The summed E-state index contributed by atoms with van der Waals surface area (Å²) in [6, 6.07) is 3.74. The smallest absolute Gasteiger partial charge is 0.175 e. The minimum absolute atomic E-state index is 0.00236. The maximum atomic E-state index is 9.25. The molecule has 19 heavy (non-hydrogen) atoms. The molecule has 2 rings (SSSR count). The molecule has 1 aliphatic carbocycles. The first-order valence-corrected chi connectivity index (χ1v) is 7.76. The lowest BCUT2D eigenvalue weighted by atomic mass is 9.98. The second-order valence-electron chi connectivity index (χ2n) is 4.87. The zero-order valence-corrected chi connectivity index (χ0v) is 12.9. The molecule has 0 radical (unpaired) electrons. The van der Waals surface area contributed by atoms with Gasteiger partial charge >= 0.3 is 0 Å². The van der Waals surface area contributed by atoms with E-state index >= 15 is 0 Å². The number of halogens is 1. The van der Waals surface area contributed by atoms with E-state index in [0.29, 0.717) is 12.4 Å². The molecule has 0 unspecified atom stereocenters. The van der Waals surface area contributed by atoms with Crippen LogP contribution in [0.4, 0.5) is 0 Å². The van der Waals surface area contributed by atoms with E-state index in [4.69, 9.17) is 9.47 Å². The van der Waals surface area contributed by atoms with Gasteiger partial charge in [-0.2, -0.15) is 0 Å². The molecule has 106 valence electrons. The number of hydrogen-bond acceptors (Lipinski definition) is 3. The van der Waals surface area contributed by atoms with Crippen LogP contribution in [0.2, 0.25) is 0 Å². The van der Waals surface area contributed by atoms with Crippen molar-refractivity contribution in [2.24, 2.45) is 0 Å². The molecule has 0 atom stereocenters. The molecule has 1 aromatic rings. The third-order valence-corrected chi connectivity index (χ3v) is 3.98. The van der Waals surface area contributed by atoms with Crippen molar-refractivity contribution in [2.75, 3.05) is 6.61 Å². The van der Waals surface area contributed by atoms with Crippen molar-refractivity contribution in [3.63, 3.8) is 0 Å². The lowest BCUT2D eigenvalue weighted by molar-refractivity contribution is 0.146. The predicted octanol–water partition coefficient (Wildman–Crippen LogP) is 4.05. The third kappa shape index (κ3) is 3.86. The summed E-state index contributed by atoms with van der Waals surface area (Å²) in [5.74, 6) is 1.48. The highest BCUT2D eigenvalue weighted by atomic mass is 79.9. The second-order valence-corrected chi connectivity index (χ2v) is 5.73. The van der Waals surface area contributed by atoms with E-state index in [0.717, 1.165) is 28.6 Å². The van der Waals surface area contributed by atoms with E-state index in [9.17, 15) is 5.11 Å². The number of aliphatic hydroxyl groups is 1. The van der Waals surface area contributed by atoms with E-state index in [1.165, 1.54) is 19.3 Å². The van der Waals surface area contributed by atoms with Crippen LogP contribution < -0.4 is 9.47 Å². The Balaban J connectivity index is 2.20. The minimum Gasteiger partial charge on any atom is -0.490 e. The number of ether oxygens (including phenoxy) is 2. The first kappa shape index (κ1) is 14.7. The van der Waals surface area contributed by atoms with Crippen molar-refractivity contribution < 1.29 is 14.6 Å². The van der Waals surface area contributed by atoms with Crippen molar-refractivity contribution in [3.05, 3.63) is 22.2 Å². The fourth-order valence-electron chi connectivity index (χ4n) is 2.44. The standard InChI is InChI=1S/C15H21BrO3/c1-2-18-14-9-11(10-17)8-13(16)15(14)19-12-6-4-3-5-7-12/h8-9,12,17H,2-7,10H2,1H3. The Morgan fingerprint density at radius 2 is 2.00 bits per heavy atom. The Kier molecular flexibility index (Phi) is 5.52. The predicted molar refractivity (Wildman–Crippen MR) is 78.7 cm³/mol. The number of benzene rings is 1. The van der Waals surface area contributed by atoms with E-state index in [1.54, 1.807) is 0 Å². The summed E-state index contributed by atoms with van der Waals surface area (Å²) in [6.45, 7) is 2.54. The molecule has 1 aromatic carbocycles. The molecule has 0 aromatic heterocycles. The van der Waals surface area contributed by atoms with Crippen LogP contribution in [0.15, 0.2) is 16.6 Å². The van der Waals surface area contributed by atoms with Crippen LogP contribution in [-0.4, -0.2) is 17.8 Å². The average Bonchev–Trinajstić information content (AvgIpc) is 2.43. The summed E-state index contributed by atoms with van der Waals surface area (Å²) >= 11 is 3.52. The monoisotopic (exact) mass is 328 g/mol. The Hall–Kier alpha value is -0.740. The van der Waals surface area contributed by atoms with E-state index in [2.05, 4.69) is 15.9 Å². The molecule has 1 fully saturated rings. The Morgan fingerprint density at radius 1 is 1.26 bits per heavy atom. The highest BCUT2D eigenvalue weighted by molar-refractivity contribution is 9.10. The van der Waals surface area contributed by atoms with Crippen molar-refractivity contribution in [3.8, 4) is 11.5 Å². The van der Waals surface area contributed by atoms with Crippen LogP contribution >= 0.6 is 15.9 Å². The number of hydrogen-bond donors (Lipinski definition) is 1. The SMILES string of the molecule is CCOc1cc(CO)cc(Br)c1OC1CCCCC1. The van der Waals surface area contributed by atoms with Crippen LogP contribution in [0.5, 0.6) is 11.5 Å². The van der Waals surface area contributed by atoms with Gasteiger partial charge in [-0.3, -0.25) is 0 Å². The lowest BCUT2D eigenvalue weighted by Crippen LogP contribution is -2.20. The van der Waals surface area contributed by atoms with Crippen LogP contribution in [0.1, 0.15) is 44.6 Å². The van der Waals surface area contributed by atoms with Gasteiger partial charge in [0.05, 0.1) is 23.8 Å². The molecular formula is C15H21BrO3. The van der Waals surface area contributed by atoms with Gasteiger partial charge in [0.2, 0.25) is 0 Å². The Morgan fingerprint density at radius 3 is 2.63 bits per heavy atom. The molecule has 0 bridgehead atoms. The molecule has 1 saturated carbocycles. The van der Waals surface area contributed by atoms with E-state index in [-0.39, 0.29) is 12.7 Å². The molecule has 0 heterocycles. The highest BCUT2D eigenvalue weighted by Crippen LogP contribution is 2.39. The molecule has 0 spiro atoms. The summed E-state index contributed by atoms with van der Waals surface area (Å²) in [6.07, 6.45) is 6.29. The van der Waals surface area contributed by atoms with Gasteiger partial charge in [-0.1, -0.05) is 6.42 Å². The summed E-state index contributed by atoms with van der Waals surface area (Å²) < 4.78 is 12.6. The summed E-state index contributed by atoms with van der Waals surface area (Å²) in [7, 11) is 0. The molecule has 0 saturated heterocycles. The Bertz CT molecular complexity index is 414. The van der Waals surface area contributed by atoms with Gasteiger partial charge in [-0.15, -0.1) is 0 Å². The van der Waals surface area contributed by atoms with Crippen molar-refractivity contribution in [2.45, 2.75) is 51.7 Å². The minimum atomic E-state index is 0.00236. The molecule has 0 amide bonds. The van der Waals surface area contributed by atoms with Crippen molar-refractivity contribution in [1.82, 2.24) is 0 Å². The van der Waals surface area contributed by atoms with Crippen LogP contribution in [-0.2, 0) is 6.61 Å². The normalized spacial score (nSPS) is 16.4. The van der Waals surface area contributed by atoms with Crippen LogP contribution in [0.3, 0.4) is 0 Å². The number of rotatable bonds is 5. The van der Waals surface area contributed by atoms with Gasteiger partial charge in [-0.25, -0.2) is 0 Å². The van der Waals surface area contributed by atoms with Gasteiger partial charge in [0.15, 0.2) is 11.5 Å². The van der Waals surface area contributed by atoms with Gasteiger partial charge in [-0.05, 0) is 66.2 Å². The van der Waals surface area contributed by atoms with Gasteiger partial charge in [0.25, 0.3) is 0 Å². The summed E-state index contributed by atoms with van der Waals surface area (Å²) in [5, 5.41) is 9.25. The maximum absolute atomic E-state index is 9.25. The first-order valence-electron chi connectivity index (χ1n) is 6.97. The molecule has 0 aliphatic heterocycles. The average molecular weight is 329 g/mol. The van der Waals surface area contributed by atoms with Crippen LogP contribution in [0, 0.1) is 0 Å². The molecule has 1 aliphatic rings. The zero-order valence-electron chi connectivity index (χ0n) is 11.3. The molecule has 4 heteroatoms. The summed E-state index contributed by atoms with van der Waals surface area (Å²) in [4.78, 5) is 0. The van der Waals surface area contributed by atoms with Crippen molar-refractivity contribution >= 4 is 15.9 Å². The topological polar surface area (TPSA) is 38.7 Å². The van der Waals surface area contributed by atoms with Gasteiger partial charge < -0.3 is 14.6 Å². The van der Waals surface area contributed by atoms with Crippen molar-refractivity contribution in [1.29, 1.82) is 0 Å². The second kappa shape index (κ2) is 7.15. The zero-order chi connectivity index (χ0) is 13.7. The van der Waals surface area contributed by atoms with Gasteiger partial charge in [0.1, 0.15) is 0 Å². The van der Waals surface area contributed by atoms with Crippen LogP contribution in [0.25, 0.3) is 0 Å². The molecule has 3 nitrogen and oxygen atoms in total. The quantitative estimate of drug-likeness (QED) is 0.886. The van der Waals surface area contributed by atoms with E-state index < -0.39 is 0 Å². The lowest BCUT2D eigenvalue weighted by Gasteiger charge is -2.25. The Labute approximate surface area is 123 Å². The summed E-state index contributed by atoms with van der Waals surface area (Å²) in [5.41, 5.74) is 0.825. The number of aliphatic hydroxyl groups excluding tert-OH is 1.